The minimum atomic E-state index is -0.442. The Hall–Kier alpha value is -2.89. The summed E-state index contributed by atoms with van der Waals surface area (Å²) in [6.45, 7) is 2.13. The molecule has 2 N–H and O–H groups in total. The maximum absolute atomic E-state index is 13.5. The minimum Gasteiger partial charge on any atom is -0.492 e. The normalized spacial score (nSPS) is 10.1. The average Bonchev–Trinajstić information content (AvgIpc) is 2.57. The van der Waals surface area contributed by atoms with E-state index >= 15 is 0 Å². The highest BCUT2D eigenvalue weighted by Crippen LogP contribution is 2.23. The number of benzene rings is 2. The molecule has 2 aromatic rings. The van der Waals surface area contributed by atoms with Crippen LogP contribution in [0, 0.1) is 5.82 Å². The van der Waals surface area contributed by atoms with Crippen molar-refractivity contribution < 1.29 is 18.7 Å². The summed E-state index contributed by atoms with van der Waals surface area (Å²) in [5.74, 6) is -0.689. The van der Waals surface area contributed by atoms with Crippen LogP contribution in [0.4, 0.5) is 10.1 Å². The van der Waals surface area contributed by atoms with Crippen molar-refractivity contribution in [2.75, 3.05) is 18.5 Å². The van der Waals surface area contributed by atoms with Crippen LogP contribution in [-0.4, -0.2) is 25.0 Å². The highest BCUT2D eigenvalue weighted by Gasteiger charge is 2.11. The van der Waals surface area contributed by atoms with E-state index in [0.29, 0.717) is 18.0 Å². The Kier molecular flexibility index (Phi) is 6.31. The number of amides is 2. The van der Waals surface area contributed by atoms with Crippen molar-refractivity contribution in [1.82, 2.24) is 5.32 Å². The van der Waals surface area contributed by atoms with Gasteiger partial charge in [-0.15, -0.1) is 0 Å². The molecule has 2 aromatic carbocycles. The summed E-state index contributed by atoms with van der Waals surface area (Å²) in [6, 6.07) is 13.1. The Labute approximate surface area is 139 Å². The molecule has 0 fully saturated rings. The molecule has 0 radical (unpaired) electrons. The smallest absolute Gasteiger partial charge is 0.243 e. The van der Waals surface area contributed by atoms with Crippen LogP contribution in [0.15, 0.2) is 48.5 Å². The zero-order valence-electron chi connectivity index (χ0n) is 13.3. The van der Waals surface area contributed by atoms with Gasteiger partial charge in [0.15, 0.2) is 0 Å². The maximum atomic E-state index is 13.5. The lowest BCUT2D eigenvalue weighted by Gasteiger charge is -2.11. The van der Waals surface area contributed by atoms with Crippen molar-refractivity contribution in [3.63, 3.8) is 0 Å². The zero-order chi connectivity index (χ0) is 17.4. The molecule has 0 aromatic heterocycles. The van der Waals surface area contributed by atoms with Gasteiger partial charge in [0.1, 0.15) is 11.6 Å². The van der Waals surface area contributed by atoms with Crippen molar-refractivity contribution in [2.24, 2.45) is 0 Å². The molecule has 0 aliphatic heterocycles. The second-order valence-electron chi connectivity index (χ2n) is 5.02. The molecular weight excluding hydrogens is 311 g/mol. The van der Waals surface area contributed by atoms with Gasteiger partial charge in [-0.2, -0.15) is 0 Å². The number of anilines is 1. The van der Waals surface area contributed by atoms with Crippen LogP contribution in [0.3, 0.4) is 0 Å². The predicted molar refractivity (Wildman–Crippen MR) is 89.4 cm³/mol. The van der Waals surface area contributed by atoms with Crippen LogP contribution in [0.25, 0.3) is 0 Å². The first-order valence-electron chi connectivity index (χ1n) is 7.62. The number of nitrogens with one attached hydrogen (secondary N) is 2. The van der Waals surface area contributed by atoms with Crippen molar-refractivity contribution in [1.29, 1.82) is 0 Å². The fraction of sp³-hybridized carbons (Fsp3) is 0.222. The third-order valence-electron chi connectivity index (χ3n) is 3.22. The molecular formula is C18H19FN2O3. The fourth-order valence-electron chi connectivity index (χ4n) is 2.10. The standard InChI is InChI=1S/C18H19FN2O3/c1-2-24-16-10-6-5-9-15(16)21-18(23)12-20-17(22)11-13-7-3-4-8-14(13)19/h3-10H,2,11-12H2,1H3,(H,20,22)(H,21,23). The quantitative estimate of drug-likeness (QED) is 0.820. The van der Waals surface area contributed by atoms with Gasteiger partial charge in [0.2, 0.25) is 11.8 Å². The Bertz CT molecular complexity index is 719. The first-order valence-corrected chi connectivity index (χ1v) is 7.62. The van der Waals surface area contributed by atoms with E-state index in [1.807, 2.05) is 6.92 Å². The summed E-state index contributed by atoms with van der Waals surface area (Å²) < 4.78 is 18.9. The Balaban J connectivity index is 1.85. The van der Waals surface area contributed by atoms with E-state index in [0.717, 1.165) is 0 Å². The zero-order valence-corrected chi connectivity index (χ0v) is 13.3. The number of rotatable bonds is 7. The van der Waals surface area contributed by atoms with Gasteiger partial charge in [0.25, 0.3) is 0 Å². The number of carbonyl (C=O) groups excluding carboxylic acids is 2. The van der Waals surface area contributed by atoms with Crippen molar-refractivity contribution in [3.8, 4) is 5.75 Å². The molecule has 2 amide bonds. The first kappa shape index (κ1) is 17.5. The van der Waals surface area contributed by atoms with Gasteiger partial charge >= 0.3 is 0 Å². The van der Waals surface area contributed by atoms with Crippen molar-refractivity contribution in [2.45, 2.75) is 13.3 Å². The van der Waals surface area contributed by atoms with Crippen molar-refractivity contribution in [3.05, 3.63) is 59.9 Å². The molecule has 24 heavy (non-hydrogen) atoms. The van der Waals surface area contributed by atoms with Crippen molar-refractivity contribution >= 4 is 17.5 Å². The Morgan fingerprint density at radius 1 is 1.04 bits per heavy atom. The summed E-state index contributed by atoms with van der Waals surface area (Å²) in [5, 5.41) is 5.14. The molecule has 126 valence electrons. The van der Waals surface area contributed by atoms with E-state index in [1.165, 1.54) is 12.1 Å². The highest BCUT2D eigenvalue weighted by atomic mass is 19.1. The summed E-state index contributed by atoms with van der Waals surface area (Å²) in [4.78, 5) is 23.7. The van der Waals surface area contributed by atoms with Gasteiger partial charge < -0.3 is 15.4 Å². The van der Waals surface area contributed by atoms with Gasteiger partial charge in [0, 0.05) is 0 Å². The number of hydrogen-bond acceptors (Lipinski definition) is 3. The molecule has 0 aliphatic rings. The monoisotopic (exact) mass is 330 g/mol. The van der Waals surface area contributed by atoms with Crippen LogP contribution in [0.2, 0.25) is 0 Å². The van der Waals surface area contributed by atoms with Gasteiger partial charge in [-0.1, -0.05) is 30.3 Å². The van der Waals surface area contributed by atoms with E-state index in [-0.39, 0.29) is 24.4 Å². The SMILES string of the molecule is CCOc1ccccc1NC(=O)CNC(=O)Cc1ccccc1F. The van der Waals surface area contributed by atoms with Gasteiger partial charge in [-0.05, 0) is 30.7 Å². The molecule has 6 heteroatoms. The van der Waals surface area contributed by atoms with Crippen LogP contribution in [0.1, 0.15) is 12.5 Å². The number of ether oxygens (including phenoxy) is 1. The van der Waals surface area contributed by atoms with Crippen LogP contribution in [0.5, 0.6) is 5.75 Å². The lowest BCUT2D eigenvalue weighted by molar-refractivity contribution is -0.123. The molecule has 2 rings (SSSR count). The highest BCUT2D eigenvalue weighted by molar-refractivity contribution is 5.95. The molecule has 0 unspecified atom stereocenters. The predicted octanol–water partition coefficient (Wildman–Crippen LogP) is 2.52. The van der Waals surface area contributed by atoms with Crippen LogP contribution < -0.4 is 15.4 Å². The molecule has 0 aliphatic carbocycles. The first-order chi connectivity index (χ1) is 11.6. The van der Waals surface area contributed by atoms with Gasteiger partial charge in [0.05, 0.1) is 25.3 Å². The largest absolute Gasteiger partial charge is 0.492 e. The summed E-state index contributed by atoms with van der Waals surface area (Å²) in [7, 11) is 0. The Morgan fingerprint density at radius 2 is 1.75 bits per heavy atom. The summed E-state index contributed by atoms with van der Waals surface area (Å²) in [6.07, 6.45) is -0.116. The lowest BCUT2D eigenvalue weighted by atomic mass is 10.1. The molecule has 0 atom stereocenters. The van der Waals surface area contributed by atoms with E-state index in [1.54, 1.807) is 36.4 Å². The van der Waals surface area contributed by atoms with Gasteiger partial charge in [-0.3, -0.25) is 9.59 Å². The summed E-state index contributed by atoms with van der Waals surface area (Å²) >= 11 is 0. The molecule has 5 nitrogen and oxygen atoms in total. The molecule has 0 saturated carbocycles. The van der Waals surface area contributed by atoms with Crippen LogP contribution >= 0.6 is 0 Å². The second-order valence-corrected chi connectivity index (χ2v) is 5.02. The lowest BCUT2D eigenvalue weighted by Crippen LogP contribution is -2.34. The topological polar surface area (TPSA) is 67.4 Å². The molecule has 0 spiro atoms. The fourth-order valence-corrected chi connectivity index (χ4v) is 2.10. The molecule has 0 heterocycles. The summed E-state index contributed by atoms with van der Waals surface area (Å²) in [5.41, 5.74) is 0.824. The average molecular weight is 330 g/mol. The van der Waals surface area contributed by atoms with E-state index < -0.39 is 11.7 Å². The number of para-hydroxylation sites is 2. The third-order valence-corrected chi connectivity index (χ3v) is 3.22. The van der Waals surface area contributed by atoms with E-state index in [9.17, 15) is 14.0 Å². The second kappa shape index (κ2) is 8.67. The van der Waals surface area contributed by atoms with E-state index in [2.05, 4.69) is 10.6 Å². The van der Waals surface area contributed by atoms with E-state index in [4.69, 9.17) is 4.74 Å². The minimum absolute atomic E-state index is 0.116. The van der Waals surface area contributed by atoms with Gasteiger partial charge in [-0.25, -0.2) is 4.39 Å². The number of hydrogen-bond donors (Lipinski definition) is 2. The van der Waals surface area contributed by atoms with Crippen LogP contribution in [-0.2, 0) is 16.0 Å². The Morgan fingerprint density at radius 3 is 2.50 bits per heavy atom. The number of halogens is 1. The third kappa shape index (κ3) is 5.08. The molecule has 0 bridgehead atoms. The maximum Gasteiger partial charge on any atom is 0.243 e. The molecule has 0 saturated heterocycles. The number of carbonyl (C=O) groups is 2.